The Bertz CT molecular complexity index is 1110. The summed E-state index contributed by atoms with van der Waals surface area (Å²) >= 11 is 0. The quantitative estimate of drug-likeness (QED) is 0.454. The Kier molecular flexibility index (Phi) is 5.52. The molecule has 0 unspecified atom stereocenters. The molecule has 0 aromatic heterocycles. The maximum atomic E-state index is 13.3. The SMILES string of the molecule is O=C(/C(=C1/OC(=O)N(CCc2ccccc2)C1=O)c1ccccc1)c1ccccc1. The molecule has 1 aliphatic rings. The van der Waals surface area contributed by atoms with Gasteiger partial charge < -0.3 is 4.74 Å². The fraction of sp³-hybridized carbons (Fsp3) is 0.0800. The van der Waals surface area contributed by atoms with Gasteiger partial charge in [-0.15, -0.1) is 0 Å². The molecule has 0 radical (unpaired) electrons. The zero-order valence-corrected chi connectivity index (χ0v) is 16.2. The molecule has 1 aliphatic heterocycles. The monoisotopic (exact) mass is 397 g/mol. The second-order valence-electron chi connectivity index (χ2n) is 6.83. The summed E-state index contributed by atoms with van der Waals surface area (Å²) in [6, 6.07) is 27.0. The Morgan fingerprint density at radius 3 is 1.87 bits per heavy atom. The molecule has 148 valence electrons. The van der Waals surface area contributed by atoms with Crippen molar-refractivity contribution < 1.29 is 19.1 Å². The van der Waals surface area contributed by atoms with Crippen molar-refractivity contribution in [3.8, 4) is 0 Å². The van der Waals surface area contributed by atoms with Crippen LogP contribution >= 0.6 is 0 Å². The molecule has 3 aromatic carbocycles. The summed E-state index contributed by atoms with van der Waals surface area (Å²) in [6.07, 6.45) is -0.261. The lowest BCUT2D eigenvalue weighted by molar-refractivity contribution is -0.123. The zero-order valence-electron chi connectivity index (χ0n) is 16.2. The minimum atomic E-state index is -0.764. The molecule has 1 fully saturated rings. The molecular weight excluding hydrogens is 378 g/mol. The summed E-state index contributed by atoms with van der Waals surface area (Å²) in [6.45, 7) is 0.173. The smallest absolute Gasteiger partial charge is 0.403 e. The number of rotatable bonds is 6. The number of carbonyl (C=O) groups is 3. The number of cyclic esters (lactones) is 1. The van der Waals surface area contributed by atoms with Crippen molar-refractivity contribution in [1.82, 2.24) is 4.90 Å². The largest absolute Gasteiger partial charge is 0.422 e. The van der Waals surface area contributed by atoms with Crippen LogP contribution in [0.15, 0.2) is 96.8 Å². The van der Waals surface area contributed by atoms with Crippen LogP contribution < -0.4 is 0 Å². The molecule has 1 saturated heterocycles. The van der Waals surface area contributed by atoms with E-state index in [9.17, 15) is 14.4 Å². The van der Waals surface area contributed by atoms with E-state index in [4.69, 9.17) is 4.74 Å². The van der Waals surface area contributed by atoms with Gasteiger partial charge in [0.15, 0.2) is 5.78 Å². The number of carbonyl (C=O) groups excluding carboxylic acids is 3. The second kappa shape index (κ2) is 8.57. The van der Waals surface area contributed by atoms with Gasteiger partial charge in [0.1, 0.15) is 0 Å². The van der Waals surface area contributed by atoms with E-state index in [0.717, 1.165) is 10.5 Å². The van der Waals surface area contributed by atoms with Crippen LogP contribution in [0.3, 0.4) is 0 Å². The van der Waals surface area contributed by atoms with Gasteiger partial charge in [0.25, 0.3) is 5.91 Å². The minimum Gasteiger partial charge on any atom is -0.403 e. The Morgan fingerprint density at radius 1 is 0.733 bits per heavy atom. The predicted molar refractivity (Wildman–Crippen MR) is 112 cm³/mol. The fourth-order valence-corrected chi connectivity index (χ4v) is 3.33. The molecule has 5 nitrogen and oxygen atoms in total. The molecule has 0 aliphatic carbocycles. The molecule has 0 atom stereocenters. The van der Waals surface area contributed by atoms with Crippen molar-refractivity contribution in [3.05, 3.63) is 113 Å². The van der Waals surface area contributed by atoms with E-state index in [1.165, 1.54) is 0 Å². The first-order valence-corrected chi connectivity index (χ1v) is 9.62. The molecule has 4 rings (SSSR count). The molecular formula is C25H19NO4. The van der Waals surface area contributed by atoms with Gasteiger partial charge in [0.2, 0.25) is 5.76 Å². The van der Waals surface area contributed by atoms with Gasteiger partial charge in [-0.2, -0.15) is 0 Å². The van der Waals surface area contributed by atoms with Crippen molar-refractivity contribution in [3.63, 3.8) is 0 Å². The van der Waals surface area contributed by atoms with Gasteiger partial charge in [-0.05, 0) is 17.5 Å². The van der Waals surface area contributed by atoms with Gasteiger partial charge >= 0.3 is 6.09 Å². The lowest BCUT2D eigenvalue weighted by Crippen LogP contribution is -2.31. The topological polar surface area (TPSA) is 63.7 Å². The van der Waals surface area contributed by atoms with E-state index in [2.05, 4.69) is 0 Å². The lowest BCUT2D eigenvalue weighted by Gasteiger charge is -2.11. The average molecular weight is 397 g/mol. The molecule has 30 heavy (non-hydrogen) atoms. The van der Waals surface area contributed by atoms with E-state index in [1.807, 2.05) is 36.4 Å². The number of imide groups is 1. The molecule has 1 heterocycles. The molecule has 0 N–H and O–H groups in total. The number of Topliss-reactive ketones (excluding diaryl/α,β-unsaturated/α-hetero) is 1. The number of hydrogen-bond acceptors (Lipinski definition) is 4. The first-order chi connectivity index (χ1) is 14.6. The maximum Gasteiger partial charge on any atom is 0.422 e. The van der Waals surface area contributed by atoms with Crippen molar-refractivity contribution in [2.24, 2.45) is 0 Å². The summed E-state index contributed by atoms with van der Waals surface area (Å²) in [5.74, 6) is -1.20. The number of hydrogen-bond donors (Lipinski definition) is 0. The molecule has 0 bridgehead atoms. The van der Waals surface area contributed by atoms with Crippen LogP contribution in [-0.4, -0.2) is 29.2 Å². The number of benzene rings is 3. The Labute approximate surface area is 174 Å². The van der Waals surface area contributed by atoms with Gasteiger partial charge in [0, 0.05) is 12.1 Å². The van der Waals surface area contributed by atoms with Crippen LogP contribution in [0.25, 0.3) is 5.57 Å². The number of ketones is 1. The Hall–Kier alpha value is -3.99. The summed E-state index contributed by atoms with van der Waals surface area (Å²) < 4.78 is 5.33. The summed E-state index contributed by atoms with van der Waals surface area (Å²) in [5.41, 5.74) is 2.02. The number of nitrogens with zero attached hydrogens (tertiary/aromatic N) is 1. The summed E-state index contributed by atoms with van der Waals surface area (Å²) in [5, 5.41) is 0. The third kappa shape index (κ3) is 3.91. The Morgan fingerprint density at radius 2 is 1.27 bits per heavy atom. The van der Waals surface area contributed by atoms with E-state index in [0.29, 0.717) is 17.5 Å². The van der Waals surface area contributed by atoms with Crippen molar-refractivity contribution in [2.45, 2.75) is 6.42 Å². The highest BCUT2D eigenvalue weighted by molar-refractivity contribution is 6.34. The predicted octanol–water partition coefficient (Wildman–Crippen LogP) is 4.50. The molecule has 2 amide bonds. The van der Waals surface area contributed by atoms with E-state index in [-0.39, 0.29) is 23.7 Å². The van der Waals surface area contributed by atoms with Gasteiger partial charge in [-0.1, -0.05) is 91.0 Å². The summed E-state index contributed by atoms with van der Waals surface area (Å²) in [4.78, 5) is 39.8. The number of ether oxygens (including phenoxy) is 1. The highest BCUT2D eigenvalue weighted by Crippen LogP contribution is 2.29. The van der Waals surface area contributed by atoms with Crippen LogP contribution in [0.2, 0.25) is 0 Å². The highest BCUT2D eigenvalue weighted by atomic mass is 16.6. The molecule has 5 heteroatoms. The highest BCUT2D eigenvalue weighted by Gasteiger charge is 2.40. The lowest BCUT2D eigenvalue weighted by atomic mass is 9.95. The zero-order chi connectivity index (χ0) is 20.9. The first kappa shape index (κ1) is 19.3. The normalized spacial score (nSPS) is 15.1. The first-order valence-electron chi connectivity index (χ1n) is 9.62. The second-order valence-corrected chi connectivity index (χ2v) is 6.83. The molecule has 3 aromatic rings. The average Bonchev–Trinajstić information content (AvgIpc) is 3.07. The van der Waals surface area contributed by atoms with Crippen molar-refractivity contribution in [1.29, 1.82) is 0 Å². The van der Waals surface area contributed by atoms with Crippen LogP contribution in [0.4, 0.5) is 4.79 Å². The third-order valence-electron chi connectivity index (χ3n) is 4.87. The number of amides is 2. The minimum absolute atomic E-state index is 0.0855. The third-order valence-corrected chi connectivity index (χ3v) is 4.87. The number of allylic oxidation sites excluding steroid dienone is 1. The van der Waals surface area contributed by atoms with Gasteiger partial charge in [0.05, 0.1) is 5.57 Å². The molecule has 0 spiro atoms. The molecule has 0 saturated carbocycles. The van der Waals surface area contributed by atoms with Crippen LogP contribution in [-0.2, 0) is 16.0 Å². The van der Waals surface area contributed by atoms with E-state index < -0.39 is 12.0 Å². The van der Waals surface area contributed by atoms with Crippen LogP contribution in [0, 0.1) is 0 Å². The standard InChI is InChI=1S/C25H19NO4/c27-22(20-14-8-3-9-15-20)21(19-12-6-2-7-13-19)23-24(28)26(25(29)30-23)17-16-18-10-4-1-5-11-18/h1-15H,16-17H2/b23-21+. The van der Waals surface area contributed by atoms with E-state index >= 15 is 0 Å². The van der Waals surface area contributed by atoms with Crippen molar-refractivity contribution in [2.75, 3.05) is 6.54 Å². The van der Waals surface area contributed by atoms with Crippen LogP contribution in [0.5, 0.6) is 0 Å². The maximum absolute atomic E-state index is 13.3. The van der Waals surface area contributed by atoms with Gasteiger partial charge in [-0.3, -0.25) is 9.59 Å². The van der Waals surface area contributed by atoms with E-state index in [1.54, 1.807) is 54.6 Å². The van der Waals surface area contributed by atoms with Crippen molar-refractivity contribution >= 4 is 23.4 Å². The van der Waals surface area contributed by atoms with Crippen LogP contribution in [0.1, 0.15) is 21.5 Å². The van der Waals surface area contributed by atoms with Gasteiger partial charge in [-0.25, -0.2) is 9.69 Å². The fourth-order valence-electron chi connectivity index (χ4n) is 3.33. The Balaban J connectivity index is 1.70. The summed E-state index contributed by atoms with van der Waals surface area (Å²) in [7, 11) is 0.